The predicted molar refractivity (Wildman–Crippen MR) is 152 cm³/mol. The van der Waals surface area contributed by atoms with Crippen molar-refractivity contribution >= 4 is 30.2 Å². The van der Waals surface area contributed by atoms with Gasteiger partial charge in [-0.25, -0.2) is 9.18 Å². The number of ether oxygens (including phenoxy) is 2. The van der Waals surface area contributed by atoms with Gasteiger partial charge in [-0.2, -0.15) is 0 Å². The Balaban J connectivity index is 1.46. The van der Waals surface area contributed by atoms with E-state index in [1.807, 2.05) is 20.8 Å². The number of fused-ring (bicyclic) bond motifs is 1. The molecule has 4 aliphatic rings. The van der Waals surface area contributed by atoms with Gasteiger partial charge in [0.05, 0.1) is 12.7 Å². The molecule has 230 valence electrons. The van der Waals surface area contributed by atoms with Crippen LogP contribution < -0.4 is 15.5 Å². The Bertz CT molecular complexity index is 1260. The number of hydrogen-bond acceptors (Lipinski definition) is 8. The van der Waals surface area contributed by atoms with Crippen molar-refractivity contribution in [1.82, 2.24) is 5.32 Å². The van der Waals surface area contributed by atoms with Crippen molar-refractivity contribution in [3.8, 4) is 5.75 Å². The van der Waals surface area contributed by atoms with E-state index in [0.29, 0.717) is 24.8 Å². The summed E-state index contributed by atoms with van der Waals surface area (Å²) in [6, 6.07) is 2.98. The summed E-state index contributed by atoms with van der Waals surface area (Å²) >= 11 is 0. The summed E-state index contributed by atoms with van der Waals surface area (Å²) in [4.78, 5) is 39.3. The number of aliphatic hydroxyl groups excluding tert-OH is 1. The van der Waals surface area contributed by atoms with Gasteiger partial charge in [-0.1, -0.05) is 33.8 Å². The predicted octanol–water partition coefficient (Wildman–Crippen LogP) is 2.67. The molecule has 1 amide bonds. The molecule has 0 unspecified atom stereocenters. The Kier molecular flexibility index (Phi) is 8.26. The molecular formula is C31H43BFNO8. The fourth-order valence-electron chi connectivity index (χ4n) is 8.83. The molecule has 1 aliphatic heterocycles. The first-order valence-electron chi connectivity index (χ1n) is 15.1. The second-order valence-corrected chi connectivity index (χ2v) is 13.6. The summed E-state index contributed by atoms with van der Waals surface area (Å²) in [5, 5.41) is 24.5. The Morgan fingerprint density at radius 3 is 2.69 bits per heavy atom. The smallest absolute Gasteiger partial charge is 0.479 e. The van der Waals surface area contributed by atoms with Crippen LogP contribution in [0.5, 0.6) is 5.75 Å². The molecule has 1 aromatic rings. The average molecular weight is 587 g/mol. The lowest BCUT2D eigenvalue weighted by molar-refractivity contribution is -0.213. The quantitative estimate of drug-likeness (QED) is 0.328. The van der Waals surface area contributed by atoms with Crippen LogP contribution in [0.1, 0.15) is 78.2 Å². The minimum absolute atomic E-state index is 0.00416. The van der Waals surface area contributed by atoms with Crippen molar-refractivity contribution in [2.24, 2.45) is 34.0 Å². The molecule has 5 rings (SSSR count). The van der Waals surface area contributed by atoms with Crippen LogP contribution in [-0.2, 0) is 30.4 Å². The zero-order valence-corrected chi connectivity index (χ0v) is 25.2. The van der Waals surface area contributed by atoms with Crippen LogP contribution in [-0.4, -0.2) is 60.8 Å². The first-order valence-corrected chi connectivity index (χ1v) is 15.1. The minimum atomic E-state index is -1.40. The molecule has 3 saturated carbocycles. The van der Waals surface area contributed by atoms with Crippen molar-refractivity contribution in [3.05, 3.63) is 23.5 Å². The summed E-state index contributed by atoms with van der Waals surface area (Å²) in [5.41, 5.74) is -1.40. The molecule has 0 saturated heterocycles. The number of aliphatic hydroxyl groups is 1. The Hall–Kier alpha value is -2.50. The monoisotopic (exact) mass is 587 g/mol. The second-order valence-electron chi connectivity index (χ2n) is 13.6. The maximum absolute atomic E-state index is 15.0. The molecule has 42 heavy (non-hydrogen) atoms. The standard InChI is InChI=1S/C31H43BFNO8/c1-17-8-12-31-13-9-20(35)27(31)30(17,4)22(14-29(3,28(38)18(31)2)11-10-23(36)34-5)42-24(37)16-40-21-7-6-19-15-41-32(39)25(19)26(21)33/h6-7,17-18,22,27-28,38-39H,8-16H2,1-5H3,(H,34,36)/t17-,18-,22+,27-,28-,29+,30-,31-/m0/s1. The van der Waals surface area contributed by atoms with E-state index in [4.69, 9.17) is 14.1 Å². The SMILES string of the molecule is CNC(=O)CC[C@]1(C)C[C@@H](OC(=O)COc2ccc3c(c2F)B(O)OC3)[C@@]2(C)[C@@H]3C(=O)CC[C@@]3(CC[C@@H]2C)[C@@H](C)[C@@H]1O. The van der Waals surface area contributed by atoms with Gasteiger partial charge in [0.25, 0.3) is 0 Å². The zero-order chi connectivity index (χ0) is 30.6. The topological polar surface area (TPSA) is 131 Å². The van der Waals surface area contributed by atoms with Gasteiger partial charge in [-0.15, -0.1) is 0 Å². The number of rotatable bonds is 7. The molecule has 1 heterocycles. The minimum Gasteiger partial charge on any atom is -0.479 e. The molecule has 3 fully saturated rings. The molecule has 11 heteroatoms. The molecule has 0 aromatic heterocycles. The van der Waals surface area contributed by atoms with Gasteiger partial charge in [0, 0.05) is 36.7 Å². The van der Waals surface area contributed by atoms with Crippen LogP contribution in [0.15, 0.2) is 12.1 Å². The highest BCUT2D eigenvalue weighted by Crippen LogP contribution is 2.68. The van der Waals surface area contributed by atoms with Gasteiger partial charge in [0.1, 0.15) is 11.9 Å². The summed E-state index contributed by atoms with van der Waals surface area (Å²) < 4.78 is 31.9. The van der Waals surface area contributed by atoms with E-state index >= 15 is 4.39 Å². The number of carbonyl (C=O) groups excluding carboxylic acids is 3. The fraction of sp³-hybridized carbons (Fsp3) is 0.710. The molecule has 8 atom stereocenters. The first kappa shape index (κ1) is 30.9. The molecule has 0 radical (unpaired) electrons. The maximum Gasteiger partial charge on any atom is 0.494 e. The fourth-order valence-corrected chi connectivity index (χ4v) is 8.83. The van der Waals surface area contributed by atoms with Crippen molar-refractivity contribution in [1.29, 1.82) is 0 Å². The molecule has 3 N–H and O–H groups in total. The van der Waals surface area contributed by atoms with Gasteiger partial charge in [0.15, 0.2) is 18.2 Å². The van der Waals surface area contributed by atoms with Crippen LogP contribution >= 0.6 is 0 Å². The number of benzene rings is 1. The molecule has 0 spiro atoms. The Labute approximate surface area is 247 Å². The number of nitrogens with one attached hydrogen (secondary N) is 1. The van der Waals surface area contributed by atoms with E-state index in [0.717, 1.165) is 12.8 Å². The number of Topliss-reactive ketones (excluding diaryl/α,β-unsaturated/α-hetero) is 1. The van der Waals surface area contributed by atoms with Crippen LogP contribution in [0.3, 0.4) is 0 Å². The zero-order valence-electron chi connectivity index (χ0n) is 25.2. The third-order valence-corrected chi connectivity index (χ3v) is 11.6. The summed E-state index contributed by atoms with van der Waals surface area (Å²) in [6.45, 7) is 7.63. The van der Waals surface area contributed by atoms with Gasteiger partial charge in [-0.3, -0.25) is 9.59 Å². The lowest BCUT2D eigenvalue weighted by Crippen LogP contribution is -2.63. The number of amides is 1. The van der Waals surface area contributed by atoms with Crippen molar-refractivity contribution in [2.45, 2.75) is 91.5 Å². The summed E-state index contributed by atoms with van der Waals surface area (Å²) in [5.74, 6) is -2.21. The second kappa shape index (κ2) is 11.2. The molecule has 9 nitrogen and oxygen atoms in total. The van der Waals surface area contributed by atoms with E-state index in [1.165, 1.54) is 6.07 Å². The lowest BCUT2D eigenvalue weighted by atomic mass is 9.43. The maximum atomic E-state index is 15.0. The number of carbonyl (C=O) groups is 3. The highest BCUT2D eigenvalue weighted by Gasteiger charge is 2.68. The molecule has 2 bridgehead atoms. The number of ketones is 1. The van der Waals surface area contributed by atoms with Crippen LogP contribution in [0.4, 0.5) is 4.39 Å². The van der Waals surface area contributed by atoms with E-state index in [9.17, 15) is 24.5 Å². The van der Waals surface area contributed by atoms with Crippen molar-refractivity contribution in [3.63, 3.8) is 0 Å². The van der Waals surface area contributed by atoms with Gasteiger partial charge in [-0.05, 0) is 66.4 Å². The van der Waals surface area contributed by atoms with Crippen LogP contribution in [0.2, 0.25) is 0 Å². The number of halogens is 1. The lowest BCUT2D eigenvalue weighted by Gasteiger charge is -2.62. The normalized spacial score (nSPS) is 37.4. The highest BCUT2D eigenvalue weighted by molar-refractivity contribution is 6.61. The van der Waals surface area contributed by atoms with Crippen molar-refractivity contribution < 1.29 is 43.0 Å². The van der Waals surface area contributed by atoms with Gasteiger partial charge < -0.3 is 29.6 Å². The summed E-state index contributed by atoms with van der Waals surface area (Å²) in [6.07, 6.45) is 2.03. The third-order valence-electron chi connectivity index (χ3n) is 11.6. The van der Waals surface area contributed by atoms with E-state index in [1.54, 1.807) is 13.1 Å². The summed E-state index contributed by atoms with van der Waals surface area (Å²) in [7, 11) is 0.175. The molecule has 1 aromatic carbocycles. The van der Waals surface area contributed by atoms with Crippen molar-refractivity contribution in [2.75, 3.05) is 13.7 Å². The number of esters is 1. The average Bonchev–Trinajstić information content (AvgIpc) is 3.52. The van der Waals surface area contributed by atoms with Gasteiger partial charge in [0.2, 0.25) is 5.91 Å². The largest absolute Gasteiger partial charge is 0.494 e. The van der Waals surface area contributed by atoms with E-state index in [-0.39, 0.29) is 60.1 Å². The van der Waals surface area contributed by atoms with Crippen LogP contribution in [0, 0.1) is 39.8 Å². The van der Waals surface area contributed by atoms with Gasteiger partial charge >= 0.3 is 13.1 Å². The Morgan fingerprint density at radius 2 is 1.98 bits per heavy atom. The van der Waals surface area contributed by atoms with Crippen LogP contribution in [0.25, 0.3) is 0 Å². The molecule has 3 aliphatic carbocycles. The van der Waals surface area contributed by atoms with E-state index in [2.05, 4.69) is 12.2 Å². The number of hydrogen-bond donors (Lipinski definition) is 3. The Morgan fingerprint density at radius 1 is 1.24 bits per heavy atom. The first-order chi connectivity index (χ1) is 19.8. The van der Waals surface area contributed by atoms with E-state index < -0.39 is 54.0 Å². The molecular weight excluding hydrogens is 544 g/mol. The highest BCUT2D eigenvalue weighted by atomic mass is 19.1. The third kappa shape index (κ3) is 4.85.